The smallest absolute Gasteiger partial charge is 0.311 e. The van der Waals surface area contributed by atoms with Gasteiger partial charge in [-0.05, 0) is 61.9 Å². The molecule has 6 nitrogen and oxygen atoms in total. The largest absolute Gasteiger partial charge is 0.494 e. The van der Waals surface area contributed by atoms with Crippen molar-refractivity contribution in [2.45, 2.75) is 52.4 Å². The van der Waals surface area contributed by atoms with Crippen LogP contribution in [0.25, 0.3) is 0 Å². The van der Waals surface area contributed by atoms with Crippen LogP contribution >= 0.6 is 0 Å². The van der Waals surface area contributed by atoms with E-state index >= 15 is 0 Å². The predicted octanol–water partition coefficient (Wildman–Crippen LogP) is 6.13. The number of carbonyl (C=O) groups excluding carboxylic acids is 1. The molecule has 0 aliphatic heterocycles. The molecule has 0 saturated carbocycles. The van der Waals surface area contributed by atoms with Crippen LogP contribution in [-0.4, -0.2) is 12.6 Å². The lowest BCUT2D eigenvalue weighted by Crippen LogP contribution is -2.12. The Morgan fingerprint density at radius 3 is 2.10 bits per heavy atom. The lowest BCUT2D eigenvalue weighted by Gasteiger charge is -2.02. The quantitative estimate of drug-likeness (QED) is 0.260. The second kappa shape index (κ2) is 12.4. The van der Waals surface area contributed by atoms with E-state index in [0.717, 1.165) is 31.4 Å². The summed E-state index contributed by atoms with van der Waals surface area (Å²) in [6, 6.07) is 13.2. The van der Waals surface area contributed by atoms with Crippen molar-refractivity contribution in [3.8, 4) is 11.5 Å². The Balaban J connectivity index is 1.96. The molecule has 0 bridgehead atoms. The fourth-order valence-corrected chi connectivity index (χ4v) is 2.63. The van der Waals surface area contributed by atoms with Gasteiger partial charge in [0.15, 0.2) is 5.75 Å². The lowest BCUT2D eigenvalue weighted by molar-refractivity contribution is -0.134. The summed E-state index contributed by atoms with van der Waals surface area (Å²) in [6.07, 6.45) is 5.51. The maximum absolute atomic E-state index is 12.1. The van der Waals surface area contributed by atoms with Crippen LogP contribution in [0.2, 0.25) is 0 Å². The third-order valence-corrected chi connectivity index (χ3v) is 4.19. The Hall–Kier alpha value is -3.02. The van der Waals surface area contributed by atoms with Gasteiger partial charge in [-0.25, -0.2) is 0 Å². The van der Waals surface area contributed by atoms with E-state index in [-0.39, 0.29) is 17.1 Å². The van der Waals surface area contributed by atoms with E-state index < -0.39 is 0 Å². The average molecular weight is 396 g/mol. The standard InChI is InChI=1S/C23H28N2O4/c1-3-5-6-7-8-9-23(27)29-22-17-13-19(12-16-21(22)26)25-24-18-10-14-20(15-11-18)28-4-2/h10-17H,3-9H2,1-2H3. The molecule has 0 amide bonds. The highest BCUT2D eigenvalue weighted by Crippen LogP contribution is 2.21. The first-order chi connectivity index (χ1) is 14.1. The van der Waals surface area contributed by atoms with Gasteiger partial charge in [0.25, 0.3) is 0 Å². The average Bonchev–Trinajstić information content (AvgIpc) is 2.89. The molecule has 0 fully saturated rings. The Labute approximate surface area is 171 Å². The molecular formula is C23H28N2O4. The molecule has 0 atom stereocenters. The van der Waals surface area contributed by atoms with Crippen molar-refractivity contribution in [3.63, 3.8) is 0 Å². The van der Waals surface area contributed by atoms with Crippen molar-refractivity contribution in [2.75, 3.05) is 6.61 Å². The van der Waals surface area contributed by atoms with Crippen molar-refractivity contribution >= 4 is 17.3 Å². The SMILES string of the molecule is CCCCCCCC(=O)Oc1ccc(N=Nc2ccc(OCC)cc2)ccc1=O. The highest BCUT2D eigenvalue weighted by molar-refractivity contribution is 5.72. The van der Waals surface area contributed by atoms with E-state index in [0.29, 0.717) is 24.4 Å². The van der Waals surface area contributed by atoms with Gasteiger partial charge >= 0.3 is 5.97 Å². The fourth-order valence-electron chi connectivity index (χ4n) is 2.63. The number of carbonyl (C=O) groups is 1. The van der Waals surface area contributed by atoms with E-state index in [2.05, 4.69) is 17.2 Å². The number of ether oxygens (including phenoxy) is 2. The van der Waals surface area contributed by atoms with E-state index in [1.54, 1.807) is 24.3 Å². The minimum atomic E-state index is -0.387. The van der Waals surface area contributed by atoms with Crippen molar-refractivity contribution in [1.82, 2.24) is 0 Å². The highest BCUT2D eigenvalue weighted by Gasteiger charge is 2.07. The molecule has 0 spiro atoms. The van der Waals surface area contributed by atoms with E-state index in [1.807, 2.05) is 19.1 Å². The van der Waals surface area contributed by atoms with Crippen LogP contribution in [0, 0.1) is 0 Å². The second-order valence-corrected chi connectivity index (χ2v) is 6.59. The number of azo groups is 1. The van der Waals surface area contributed by atoms with E-state index in [1.165, 1.54) is 18.6 Å². The van der Waals surface area contributed by atoms with Crippen molar-refractivity contribution < 1.29 is 14.3 Å². The Morgan fingerprint density at radius 2 is 1.45 bits per heavy atom. The summed E-state index contributed by atoms with van der Waals surface area (Å²) in [5, 5.41) is 8.29. The molecular weight excluding hydrogens is 368 g/mol. The molecule has 0 N–H and O–H groups in total. The van der Waals surface area contributed by atoms with Gasteiger partial charge in [-0.1, -0.05) is 32.6 Å². The number of esters is 1. The van der Waals surface area contributed by atoms with Crippen molar-refractivity contribution in [2.24, 2.45) is 10.2 Å². The van der Waals surface area contributed by atoms with Crippen LogP contribution in [0.3, 0.4) is 0 Å². The maximum Gasteiger partial charge on any atom is 0.311 e. The summed E-state index contributed by atoms with van der Waals surface area (Å²) in [7, 11) is 0. The number of rotatable bonds is 11. The number of hydrogen-bond donors (Lipinski definition) is 0. The zero-order chi connectivity index (χ0) is 20.9. The molecule has 0 radical (unpaired) electrons. The first kappa shape index (κ1) is 22.3. The van der Waals surface area contributed by atoms with Gasteiger partial charge in [0, 0.05) is 6.42 Å². The fraction of sp³-hybridized carbons (Fsp3) is 0.391. The third kappa shape index (κ3) is 8.25. The van der Waals surface area contributed by atoms with Gasteiger partial charge in [-0.15, -0.1) is 0 Å². The molecule has 0 aliphatic rings. The van der Waals surface area contributed by atoms with Gasteiger partial charge in [0.2, 0.25) is 5.43 Å². The van der Waals surface area contributed by atoms with Crippen LogP contribution in [0.5, 0.6) is 11.5 Å². The maximum atomic E-state index is 12.1. The minimum Gasteiger partial charge on any atom is -0.494 e. The predicted molar refractivity (Wildman–Crippen MR) is 114 cm³/mol. The lowest BCUT2D eigenvalue weighted by atomic mass is 10.1. The van der Waals surface area contributed by atoms with Crippen molar-refractivity contribution in [1.29, 1.82) is 0 Å². The molecule has 0 aliphatic carbocycles. The van der Waals surface area contributed by atoms with Crippen molar-refractivity contribution in [3.05, 3.63) is 58.8 Å². The highest BCUT2D eigenvalue weighted by atomic mass is 16.5. The van der Waals surface area contributed by atoms with Crippen LogP contribution in [0.15, 0.2) is 63.6 Å². The molecule has 2 rings (SSSR count). The van der Waals surface area contributed by atoms with Gasteiger partial charge in [-0.3, -0.25) is 9.59 Å². The second-order valence-electron chi connectivity index (χ2n) is 6.59. The summed E-state index contributed by atoms with van der Waals surface area (Å²) in [6.45, 7) is 4.67. The summed E-state index contributed by atoms with van der Waals surface area (Å²) >= 11 is 0. The number of hydrogen-bond acceptors (Lipinski definition) is 6. The molecule has 6 heteroatoms. The zero-order valence-electron chi connectivity index (χ0n) is 17.1. The molecule has 0 heterocycles. The summed E-state index contributed by atoms with van der Waals surface area (Å²) in [4.78, 5) is 24.1. The Morgan fingerprint density at radius 1 is 0.828 bits per heavy atom. The first-order valence-electron chi connectivity index (χ1n) is 10.1. The van der Waals surface area contributed by atoms with Crippen LogP contribution in [0.1, 0.15) is 52.4 Å². The molecule has 0 saturated heterocycles. The Kier molecular flexibility index (Phi) is 9.55. The van der Waals surface area contributed by atoms with Gasteiger partial charge < -0.3 is 9.47 Å². The van der Waals surface area contributed by atoms with Gasteiger partial charge in [0.05, 0.1) is 18.0 Å². The normalized spacial score (nSPS) is 10.8. The third-order valence-electron chi connectivity index (χ3n) is 4.19. The topological polar surface area (TPSA) is 77.3 Å². The van der Waals surface area contributed by atoms with Crippen LogP contribution < -0.4 is 14.9 Å². The van der Waals surface area contributed by atoms with Crippen LogP contribution in [-0.2, 0) is 4.79 Å². The van der Waals surface area contributed by atoms with Gasteiger partial charge in [-0.2, -0.15) is 10.2 Å². The molecule has 2 aromatic carbocycles. The van der Waals surface area contributed by atoms with E-state index in [4.69, 9.17) is 9.47 Å². The van der Waals surface area contributed by atoms with Gasteiger partial charge in [0.1, 0.15) is 5.75 Å². The van der Waals surface area contributed by atoms with Crippen LogP contribution in [0.4, 0.5) is 11.4 Å². The Bertz CT molecular complexity index is 863. The monoisotopic (exact) mass is 396 g/mol. The summed E-state index contributed by atoms with van der Waals surface area (Å²) in [5.74, 6) is 0.388. The number of benzene rings is 1. The molecule has 29 heavy (non-hydrogen) atoms. The number of nitrogens with zero attached hydrogens (tertiary/aromatic N) is 2. The van der Waals surface area contributed by atoms with E-state index in [9.17, 15) is 9.59 Å². The molecule has 2 aromatic rings. The summed E-state index contributed by atoms with van der Waals surface area (Å²) in [5.41, 5.74) is 0.779. The molecule has 0 unspecified atom stereocenters. The molecule has 154 valence electrons. The minimum absolute atomic E-state index is 0.00563. The first-order valence-corrected chi connectivity index (χ1v) is 10.1. The number of unbranched alkanes of at least 4 members (excludes halogenated alkanes) is 4. The molecule has 0 aromatic heterocycles. The summed E-state index contributed by atoms with van der Waals surface area (Å²) < 4.78 is 10.6. The zero-order valence-corrected chi connectivity index (χ0v) is 17.1.